The zero-order chi connectivity index (χ0) is 11.4. The van der Waals surface area contributed by atoms with Crippen molar-refractivity contribution in [1.82, 2.24) is 0 Å². The standard InChI is InChI=1S/C10H8INO3/c11-7-3-1-6(2-4-9(12)13)8(5-7)10(14)15/h1-5H,(H2,12,13)(H,14,15)/b4-2+. The Bertz CT molecular complexity index is 440. The number of hydrogen-bond acceptors (Lipinski definition) is 2. The Balaban J connectivity index is 3.17. The number of primary amides is 1. The second kappa shape index (κ2) is 4.92. The zero-order valence-corrected chi connectivity index (χ0v) is 9.76. The first-order chi connectivity index (χ1) is 7.00. The van der Waals surface area contributed by atoms with Crippen molar-refractivity contribution in [3.05, 3.63) is 39.0 Å². The summed E-state index contributed by atoms with van der Waals surface area (Å²) in [5.74, 6) is -1.64. The number of carboxylic acid groups (broad SMARTS) is 1. The van der Waals surface area contributed by atoms with E-state index in [2.05, 4.69) is 0 Å². The first-order valence-electron chi connectivity index (χ1n) is 4.01. The van der Waals surface area contributed by atoms with Crippen LogP contribution in [0.1, 0.15) is 15.9 Å². The molecule has 1 rings (SSSR count). The Morgan fingerprint density at radius 1 is 1.40 bits per heavy atom. The summed E-state index contributed by atoms with van der Waals surface area (Å²) in [5, 5.41) is 8.90. The van der Waals surface area contributed by atoms with Crippen LogP contribution in [-0.2, 0) is 4.79 Å². The van der Waals surface area contributed by atoms with Crippen LogP contribution >= 0.6 is 22.6 Å². The van der Waals surface area contributed by atoms with Crippen LogP contribution in [0.4, 0.5) is 0 Å². The lowest BCUT2D eigenvalue weighted by Crippen LogP contribution is -2.06. The molecule has 0 aliphatic heterocycles. The second-order valence-corrected chi connectivity index (χ2v) is 4.02. The molecule has 0 spiro atoms. The number of carbonyl (C=O) groups excluding carboxylic acids is 1. The molecule has 0 aliphatic carbocycles. The molecular formula is C10H8INO3. The summed E-state index contributed by atoms with van der Waals surface area (Å²) in [6.07, 6.45) is 2.52. The van der Waals surface area contributed by atoms with Gasteiger partial charge in [-0.3, -0.25) is 4.79 Å². The average Bonchev–Trinajstić information content (AvgIpc) is 2.15. The highest BCUT2D eigenvalue weighted by Crippen LogP contribution is 2.15. The second-order valence-electron chi connectivity index (χ2n) is 2.77. The molecule has 0 radical (unpaired) electrons. The Hall–Kier alpha value is -1.37. The maximum Gasteiger partial charge on any atom is 0.336 e. The molecular weight excluding hydrogens is 309 g/mol. The zero-order valence-electron chi connectivity index (χ0n) is 7.61. The first-order valence-corrected chi connectivity index (χ1v) is 5.09. The molecule has 1 amide bonds. The third-order valence-corrected chi connectivity index (χ3v) is 2.34. The van der Waals surface area contributed by atoms with Gasteiger partial charge in [-0.25, -0.2) is 4.79 Å². The molecule has 0 aromatic heterocycles. The molecule has 3 N–H and O–H groups in total. The molecule has 4 nitrogen and oxygen atoms in total. The number of benzene rings is 1. The lowest BCUT2D eigenvalue weighted by molar-refractivity contribution is -0.113. The number of aromatic carboxylic acids is 1. The highest BCUT2D eigenvalue weighted by Gasteiger charge is 2.08. The van der Waals surface area contributed by atoms with E-state index in [1.165, 1.54) is 12.1 Å². The molecule has 0 saturated carbocycles. The van der Waals surface area contributed by atoms with Crippen molar-refractivity contribution in [2.75, 3.05) is 0 Å². The van der Waals surface area contributed by atoms with Crippen molar-refractivity contribution in [3.8, 4) is 0 Å². The van der Waals surface area contributed by atoms with Crippen molar-refractivity contribution in [2.45, 2.75) is 0 Å². The summed E-state index contributed by atoms with van der Waals surface area (Å²) in [6.45, 7) is 0. The minimum atomic E-state index is -1.03. The average molecular weight is 317 g/mol. The summed E-state index contributed by atoms with van der Waals surface area (Å²) in [5.41, 5.74) is 5.53. The first kappa shape index (κ1) is 11.7. The summed E-state index contributed by atoms with van der Waals surface area (Å²) in [6, 6.07) is 4.92. The van der Waals surface area contributed by atoms with E-state index in [0.717, 1.165) is 9.65 Å². The third-order valence-electron chi connectivity index (χ3n) is 1.67. The van der Waals surface area contributed by atoms with E-state index in [4.69, 9.17) is 10.8 Å². The number of nitrogens with two attached hydrogens (primary N) is 1. The minimum Gasteiger partial charge on any atom is -0.478 e. The van der Waals surface area contributed by atoms with Gasteiger partial charge in [-0.2, -0.15) is 0 Å². The normalized spacial score (nSPS) is 10.5. The summed E-state index contributed by atoms with van der Waals surface area (Å²) >= 11 is 2.02. The van der Waals surface area contributed by atoms with Gasteiger partial charge in [0.25, 0.3) is 0 Å². The van der Waals surface area contributed by atoms with Gasteiger partial charge in [-0.05, 0) is 46.4 Å². The lowest BCUT2D eigenvalue weighted by atomic mass is 10.1. The summed E-state index contributed by atoms with van der Waals surface area (Å²) in [4.78, 5) is 21.4. The fourth-order valence-corrected chi connectivity index (χ4v) is 1.52. The molecule has 78 valence electrons. The van der Waals surface area contributed by atoms with Crippen LogP contribution < -0.4 is 5.73 Å². The van der Waals surface area contributed by atoms with Crippen LogP contribution in [0.25, 0.3) is 6.08 Å². The van der Waals surface area contributed by atoms with E-state index in [0.29, 0.717) is 5.56 Å². The topological polar surface area (TPSA) is 80.4 Å². The monoisotopic (exact) mass is 317 g/mol. The van der Waals surface area contributed by atoms with Crippen molar-refractivity contribution >= 4 is 40.5 Å². The predicted octanol–water partition coefficient (Wildman–Crippen LogP) is 1.49. The molecule has 0 atom stereocenters. The largest absolute Gasteiger partial charge is 0.478 e. The van der Waals surface area contributed by atoms with Crippen molar-refractivity contribution in [3.63, 3.8) is 0 Å². The molecule has 1 aromatic carbocycles. The van der Waals surface area contributed by atoms with E-state index < -0.39 is 11.9 Å². The molecule has 0 fully saturated rings. The quantitative estimate of drug-likeness (QED) is 0.655. The molecule has 0 heterocycles. The van der Waals surface area contributed by atoms with Gasteiger partial charge >= 0.3 is 5.97 Å². The third kappa shape index (κ3) is 3.35. The number of amides is 1. The molecule has 1 aromatic rings. The predicted molar refractivity (Wildman–Crippen MR) is 64.3 cm³/mol. The van der Waals surface area contributed by atoms with Gasteiger partial charge in [0.2, 0.25) is 5.91 Å². The fraction of sp³-hybridized carbons (Fsp3) is 0. The smallest absolute Gasteiger partial charge is 0.336 e. The van der Waals surface area contributed by atoms with Gasteiger partial charge in [-0.1, -0.05) is 6.07 Å². The molecule has 0 unspecified atom stereocenters. The molecule has 5 heteroatoms. The van der Waals surface area contributed by atoms with Crippen molar-refractivity contribution in [2.24, 2.45) is 5.73 Å². The van der Waals surface area contributed by atoms with Gasteiger partial charge in [0.15, 0.2) is 0 Å². The van der Waals surface area contributed by atoms with E-state index in [-0.39, 0.29) is 5.56 Å². The van der Waals surface area contributed by atoms with E-state index in [1.54, 1.807) is 12.1 Å². The molecule has 0 aliphatic rings. The highest BCUT2D eigenvalue weighted by molar-refractivity contribution is 14.1. The summed E-state index contributed by atoms with van der Waals surface area (Å²) in [7, 11) is 0. The number of hydrogen-bond donors (Lipinski definition) is 2. The van der Waals surface area contributed by atoms with Crippen molar-refractivity contribution in [1.29, 1.82) is 0 Å². The SMILES string of the molecule is NC(=O)/C=C/c1ccc(I)cc1C(=O)O. The van der Waals surface area contributed by atoms with Crippen LogP contribution in [0, 0.1) is 3.57 Å². The van der Waals surface area contributed by atoms with Crippen molar-refractivity contribution < 1.29 is 14.7 Å². The lowest BCUT2D eigenvalue weighted by Gasteiger charge is -2.01. The summed E-state index contributed by atoms with van der Waals surface area (Å²) < 4.78 is 0.821. The van der Waals surface area contributed by atoms with E-state index in [1.807, 2.05) is 22.6 Å². The molecule has 15 heavy (non-hydrogen) atoms. The van der Waals surface area contributed by atoms with Gasteiger partial charge in [0, 0.05) is 9.65 Å². The van der Waals surface area contributed by atoms with Gasteiger partial charge < -0.3 is 10.8 Å². The van der Waals surface area contributed by atoms with Gasteiger partial charge in [0.1, 0.15) is 0 Å². The Morgan fingerprint density at radius 3 is 2.60 bits per heavy atom. The van der Waals surface area contributed by atoms with E-state index >= 15 is 0 Å². The highest BCUT2D eigenvalue weighted by atomic mass is 127. The van der Waals surface area contributed by atoms with Crippen LogP contribution in [0.3, 0.4) is 0 Å². The Kier molecular flexibility index (Phi) is 3.84. The fourth-order valence-electron chi connectivity index (χ4n) is 1.03. The number of carbonyl (C=O) groups is 2. The maximum atomic E-state index is 10.9. The van der Waals surface area contributed by atoms with Crippen LogP contribution in [0.2, 0.25) is 0 Å². The molecule has 0 saturated heterocycles. The Morgan fingerprint density at radius 2 is 2.07 bits per heavy atom. The molecule has 0 bridgehead atoms. The van der Waals surface area contributed by atoms with Gasteiger partial charge in [0.05, 0.1) is 5.56 Å². The van der Waals surface area contributed by atoms with Crippen LogP contribution in [0.5, 0.6) is 0 Å². The number of rotatable bonds is 3. The van der Waals surface area contributed by atoms with Crippen LogP contribution in [0.15, 0.2) is 24.3 Å². The minimum absolute atomic E-state index is 0.152. The maximum absolute atomic E-state index is 10.9. The number of carboxylic acids is 1. The Labute approximate surface area is 99.9 Å². The van der Waals surface area contributed by atoms with Crippen LogP contribution in [-0.4, -0.2) is 17.0 Å². The van der Waals surface area contributed by atoms with Gasteiger partial charge in [-0.15, -0.1) is 0 Å². The number of halogens is 1. The van der Waals surface area contributed by atoms with E-state index in [9.17, 15) is 9.59 Å².